The molecule has 0 fully saturated rings. The van der Waals surface area contributed by atoms with Crippen molar-refractivity contribution >= 4 is 17.9 Å². The molecule has 0 aromatic rings. The average Bonchev–Trinajstić information content (AvgIpc) is 3.08. The van der Waals surface area contributed by atoms with Crippen LogP contribution < -0.4 is 0 Å². The highest BCUT2D eigenvalue weighted by Crippen LogP contribution is 2.16. The Labute approximate surface area is 304 Å². The van der Waals surface area contributed by atoms with Gasteiger partial charge < -0.3 is 14.2 Å². The molecule has 0 spiro atoms. The lowest BCUT2D eigenvalue weighted by molar-refractivity contribution is -0.167. The van der Waals surface area contributed by atoms with E-state index in [1.54, 1.807) is 0 Å². The molecule has 0 aromatic carbocycles. The summed E-state index contributed by atoms with van der Waals surface area (Å²) in [5.74, 6) is -0.0333. The van der Waals surface area contributed by atoms with Crippen molar-refractivity contribution in [2.45, 2.75) is 239 Å². The first-order valence-electron chi connectivity index (χ1n) is 21.4. The minimum absolute atomic E-state index is 0.0649. The summed E-state index contributed by atoms with van der Waals surface area (Å²) in [7, 11) is 0. The number of esters is 3. The van der Waals surface area contributed by atoms with Gasteiger partial charge in [-0.1, -0.05) is 195 Å². The van der Waals surface area contributed by atoms with E-state index in [9.17, 15) is 14.4 Å². The van der Waals surface area contributed by atoms with Crippen LogP contribution in [-0.4, -0.2) is 37.2 Å². The fraction of sp³-hybridized carbons (Fsp3) is 0.930. The summed E-state index contributed by atoms with van der Waals surface area (Å²) in [4.78, 5) is 37.4. The molecular formula is C43H82O6. The van der Waals surface area contributed by atoms with Crippen molar-refractivity contribution in [3.63, 3.8) is 0 Å². The van der Waals surface area contributed by atoms with E-state index < -0.39 is 6.10 Å². The van der Waals surface area contributed by atoms with Crippen molar-refractivity contribution in [2.24, 2.45) is 5.92 Å². The maximum atomic E-state index is 12.6. The van der Waals surface area contributed by atoms with Gasteiger partial charge in [0, 0.05) is 19.3 Å². The Bertz CT molecular complexity index is 736. The van der Waals surface area contributed by atoms with Crippen LogP contribution >= 0.6 is 0 Å². The minimum Gasteiger partial charge on any atom is -0.462 e. The van der Waals surface area contributed by atoms with Gasteiger partial charge in [-0.3, -0.25) is 14.4 Å². The molecule has 0 amide bonds. The maximum absolute atomic E-state index is 12.6. The Morgan fingerprint density at radius 2 is 0.673 bits per heavy atom. The van der Waals surface area contributed by atoms with Gasteiger partial charge in [-0.15, -0.1) is 0 Å². The second-order valence-electron chi connectivity index (χ2n) is 15.1. The number of unbranched alkanes of at least 4 members (excludes halogenated alkanes) is 25. The van der Waals surface area contributed by atoms with Gasteiger partial charge in [-0.2, -0.15) is 0 Å². The number of ether oxygens (including phenoxy) is 3. The fourth-order valence-corrected chi connectivity index (χ4v) is 6.27. The summed E-state index contributed by atoms with van der Waals surface area (Å²) < 4.78 is 16.6. The summed E-state index contributed by atoms with van der Waals surface area (Å²) >= 11 is 0. The predicted octanol–water partition coefficient (Wildman–Crippen LogP) is 13.2. The van der Waals surface area contributed by atoms with E-state index in [1.165, 1.54) is 128 Å². The van der Waals surface area contributed by atoms with Gasteiger partial charge in [-0.05, 0) is 25.2 Å². The highest BCUT2D eigenvalue weighted by atomic mass is 16.6. The van der Waals surface area contributed by atoms with Gasteiger partial charge in [-0.25, -0.2) is 0 Å². The average molecular weight is 695 g/mol. The van der Waals surface area contributed by atoms with Gasteiger partial charge in [0.25, 0.3) is 0 Å². The lowest BCUT2D eigenvalue weighted by Gasteiger charge is -2.18. The second kappa shape index (κ2) is 37.7. The quantitative estimate of drug-likeness (QED) is 0.0364. The zero-order valence-electron chi connectivity index (χ0n) is 33.1. The van der Waals surface area contributed by atoms with E-state index in [1.807, 2.05) is 0 Å². The van der Waals surface area contributed by atoms with Crippen LogP contribution in [0.1, 0.15) is 233 Å². The van der Waals surface area contributed by atoms with E-state index in [0.29, 0.717) is 19.3 Å². The smallest absolute Gasteiger partial charge is 0.306 e. The number of carbonyl (C=O) groups is 3. The SMILES string of the molecule is CCCCCCCCCCCC(=O)OC[C@@H](COC(=O)CCCCCCCCCCCCCCC(C)C)OC(=O)CCCCCCCCC. The Morgan fingerprint density at radius 1 is 0.388 bits per heavy atom. The zero-order valence-corrected chi connectivity index (χ0v) is 33.1. The molecule has 0 N–H and O–H groups in total. The summed E-state index contributed by atoms with van der Waals surface area (Å²) in [5.41, 5.74) is 0. The van der Waals surface area contributed by atoms with Gasteiger partial charge in [0.05, 0.1) is 0 Å². The zero-order chi connectivity index (χ0) is 36.0. The van der Waals surface area contributed by atoms with Crippen molar-refractivity contribution < 1.29 is 28.6 Å². The van der Waals surface area contributed by atoms with Crippen LogP contribution in [0.4, 0.5) is 0 Å². The maximum Gasteiger partial charge on any atom is 0.306 e. The van der Waals surface area contributed by atoms with E-state index in [2.05, 4.69) is 27.7 Å². The number of rotatable bonds is 38. The van der Waals surface area contributed by atoms with Crippen LogP contribution in [0.15, 0.2) is 0 Å². The lowest BCUT2D eigenvalue weighted by Crippen LogP contribution is -2.30. The molecule has 6 heteroatoms. The molecule has 0 rings (SSSR count). The van der Waals surface area contributed by atoms with Crippen molar-refractivity contribution in [1.29, 1.82) is 0 Å². The first kappa shape index (κ1) is 47.4. The largest absolute Gasteiger partial charge is 0.462 e. The van der Waals surface area contributed by atoms with Gasteiger partial charge in [0.1, 0.15) is 13.2 Å². The Balaban J connectivity index is 4.22. The van der Waals surface area contributed by atoms with E-state index >= 15 is 0 Å². The Morgan fingerprint density at radius 3 is 1.00 bits per heavy atom. The van der Waals surface area contributed by atoms with Crippen LogP contribution in [0.2, 0.25) is 0 Å². The molecule has 49 heavy (non-hydrogen) atoms. The summed E-state index contributed by atoms with van der Waals surface area (Å²) in [5, 5.41) is 0. The molecule has 0 heterocycles. The molecule has 0 bridgehead atoms. The number of hydrogen-bond donors (Lipinski definition) is 0. The predicted molar refractivity (Wildman–Crippen MR) is 206 cm³/mol. The standard InChI is InChI=1S/C43H82O6/c1-5-7-9-11-13-18-23-26-30-34-41(44)47-37-40(49-43(46)36-32-28-21-12-10-8-6-2)38-48-42(45)35-31-27-24-20-17-15-14-16-19-22-25-29-33-39(3)4/h39-40H,5-38H2,1-4H3/t40-/m0/s1. The second-order valence-corrected chi connectivity index (χ2v) is 15.1. The Hall–Kier alpha value is -1.59. The van der Waals surface area contributed by atoms with Crippen LogP contribution in [0.5, 0.6) is 0 Å². The third-order valence-corrected chi connectivity index (χ3v) is 9.54. The van der Waals surface area contributed by atoms with E-state index in [4.69, 9.17) is 14.2 Å². The van der Waals surface area contributed by atoms with Crippen molar-refractivity contribution in [3.8, 4) is 0 Å². The normalized spacial score (nSPS) is 11.9. The van der Waals surface area contributed by atoms with E-state index in [-0.39, 0.29) is 31.1 Å². The molecule has 0 aliphatic carbocycles. The molecule has 0 radical (unpaired) electrons. The lowest BCUT2D eigenvalue weighted by atomic mass is 10.0. The molecule has 0 aromatic heterocycles. The third-order valence-electron chi connectivity index (χ3n) is 9.54. The van der Waals surface area contributed by atoms with Crippen LogP contribution in [0, 0.1) is 5.92 Å². The number of carbonyl (C=O) groups excluding carboxylic acids is 3. The molecule has 1 atom stereocenters. The van der Waals surface area contributed by atoms with Gasteiger partial charge in [0.2, 0.25) is 0 Å². The van der Waals surface area contributed by atoms with E-state index in [0.717, 1.165) is 63.7 Å². The van der Waals surface area contributed by atoms with Crippen molar-refractivity contribution in [1.82, 2.24) is 0 Å². The molecule has 6 nitrogen and oxygen atoms in total. The van der Waals surface area contributed by atoms with Gasteiger partial charge in [0.15, 0.2) is 6.10 Å². The summed E-state index contributed by atoms with van der Waals surface area (Å²) in [6.07, 6.45) is 35.3. The first-order valence-corrected chi connectivity index (χ1v) is 21.4. The molecule has 0 saturated heterocycles. The summed E-state index contributed by atoms with van der Waals surface area (Å²) in [6.45, 7) is 8.93. The molecular weight excluding hydrogens is 612 g/mol. The topological polar surface area (TPSA) is 78.9 Å². The fourth-order valence-electron chi connectivity index (χ4n) is 6.27. The minimum atomic E-state index is -0.756. The Kier molecular flexibility index (Phi) is 36.4. The highest BCUT2D eigenvalue weighted by molar-refractivity contribution is 5.71. The molecule has 290 valence electrons. The summed E-state index contributed by atoms with van der Waals surface area (Å²) in [6, 6.07) is 0. The number of hydrogen-bond acceptors (Lipinski definition) is 6. The molecule has 0 saturated carbocycles. The van der Waals surface area contributed by atoms with Gasteiger partial charge >= 0.3 is 17.9 Å². The van der Waals surface area contributed by atoms with Crippen LogP contribution in [0.3, 0.4) is 0 Å². The van der Waals surface area contributed by atoms with Crippen LogP contribution in [0.25, 0.3) is 0 Å². The van der Waals surface area contributed by atoms with Crippen molar-refractivity contribution in [3.05, 3.63) is 0 Å². The highest BCUT2D eigenvalue weighted by Gasteiger charge is 2.19. The molecule has 0 aliphatic rings. The van der Waals surface area contributed by atoms with Crippen LogP contribution in [-0.2, 0) is 28.6 Å². The first-order chi connectivity index (χ1) is 23.9. The monoisotopic (exact) mass is 695 g/mol. The molecule has 0 unspecified atom stereocenters. The van der Waals surface area contributed by atoms with Crippen molar-refractivity contribution in [2.75, 3.05) is 13.2 Å². The third kappa shape index (κ3) is 37.5. The molecule has 0 aliphatic heterocycles.